The van der Waals surface area contributed by atoms with Gasteiger partial charge in [0, 0.05) is 25.7 Å². The SMILES string of the molecule is CCCCN(CC(=O)OC)SN(C)C(=O)ON=C(C)SC. The molecule has 0 radical (unpaired) electrons. The number of thioether (sulfide) groups is 1. The van der Waals surface area contributed by atoms with Crippen LogP contribution in [0.5, 0.6) is 0 Å². The van der Waals surface area contributed by atoms with E-state index in [1.54, 1.807) is 18.3 Å². The number of esters is 1. The number of ether oxygens (including phenoxy) is 1. The standard InChI is InChI=1S/C12H23N3O4S2/c1-6-7-8-15(9-11(16)18-4)21-14(3)12(17)19-13-10(2)20-5/h6-9H2,1-5H3. The Hall–Kier alpha value is -0.930. The fourth-order valence-corrected chi connectivity index (χ4v) is 2.03. The van der Waals surface area contributed by atoms with E-state index in [9.17, 15) is 9.59 Å². The van der Waals surface area contributed by atoms with Crippen LogP contribution in [0, 0.1) is 0 Å². The van der Waals surface area contributed by atoms with Crippen molar-refractivity contribution in [2.75, 3.05) is 33.5 Å². The number of rotatable bonds is 8. The molecule has 0 unspecified atom stereocenters. The molecular formula is C12H23N3O4S2. The summed E-state index contributed by atoms with van der Waals surface area (Å²) in [5, 5.41) is 4.33. The van der Waals surface area contributed by atoms with E-state index in [-0.39, 0.29) is 12.5 Å². The van der Waals surface area contributed by atoms with Crippen molar-refractivity contribution in [2.24, 2.45) is 5.16 Å². The first-order valence-electron chi connectivity index (χ1n) is 6.47. The minimum atomic E-state index is -0.597. The van der Waals surface area contributed by atoms with Crippen molar-refractivity contribution < 1.29 is 19.2 Å². The molecule has 0 heterocycles. The average Bonchev–Trinajstić information content (AvgIpc) is 2.49. The van der Waals surface area contributed by atoms with E-state index in [0.717, 1.165) is 25.0 Å². The normalized spacial score (nSPS) is 11.4. The zero-order valence-corrected chi connectivity index (χ0v) is 14.8. The summed E-state index contributed by atoms with van der Waals surface area (Å²) in [4.78, 5) is 27.9. The highest BCUT2D eigenvalue weighted by atomic mass is 32.2. The minimum Gasteiger partial charge on any atom is -0.468 e. The molecule has 0 aromatic heterocycles. The molecule has 0 N–H and O–H groups in total. The van der Waals surface area contributed by atoms with Crippen LogP contribution in [0.2, 0.25) is 0 Å². The Morgan fingerprint density at radius 2 is 2.00 bits per heavy atom. The molecule has 0 aromatic carbocycles. The van der Waals surface area contributed by atoms with E-state index < -0.39 is 6.09 Å². The van der Waals surface area contributed by atoms with Gasteiger partial charge in [-0.05, 0) is 19.6 Å². The Morgan fingerprint density at radius 1 is 1.33 bits per heavy atom. The molecule has 0 fully saturated rings. The van der Waals surface area contributed by atoms with Gasteiger partial charge in [-0.15, -0.1) is 11.8 Å². The molecular weight excluding hydrogens is 314 g/mol. The van der Waals surface area contributed by atoms with Crippen LogP contribution in [0.25, 0.3) is 0 Å². The summed E-state index contributed by atoms with van der Waals surface area (Å²) >= 11 is 2.50. The monoisotopic (exact) mass is 337 g/mol. The maximum atomic E-state index is 11.8. The largest absolute Gasteiger partial charge is 0.468 e. The Morgan fingerprint density at radius 3 is 2.52 bits per heavy atom. The second-order valence-corrected chi connectivity index (χ2v) is 6.27. The maximum absolute atomic E-state index is 11.8. The Balaban J connectivity index is 4.45. The number of nitrogens with zero attached hydrogens (tertiary/aromatic N) is 3. The molecule has 0 aromatic rings. The molecule has 0 aliphatic carbocycles. The summed E-state index contributed by atoms with van der Waals surface area (Å²) in [5.74, 6) is -0.350. The smallest absolute Gasteiger partial charge is 0.446 e. The second-order valence-electron chi connectivity index (χ2n) is 4.04. The quantitative estimate of drug-likeness (QED) is 0.168. The first-order valence-corrected chi connectivity index (χ1v) is 8.43. The third-order valence-electron chi connectivity index (χ3n) is 2.34. The summed E-state index contributed by atoms with van der Waals surface area (Å²) in [7, 11) is 2.90. The Bertz CT molecular complexity index is 366. The Labute approximate surface area is 134 Å². The van der Waals surface area contributed by atoms with E-state index in [1.165, 1.54) is 23.2 Å². The van der Waals surface area contributed by atoms with Gasteiger partial charge in [-0.2, -0.15) is 0 Å². The summed E-state index contributed by atoms with van der Waals surface area (Å²) in [6.07, 6.45) is 3.15. The van der Waals surface area contributed by atoms with E-state index in [1.807, 2.05) is 6.26 Å². The molecule has 1 amide bonds. The van der Waals surface area contributed by atoms with Crippen LogP contribution in [0.3, 0.4) is 0 Å². The first-order chi connectivity index (χ1) is 9.94. The number of hydrogen-bond acceptors (Lipinski definition) is 8. The molecule has 0 saturated carbocycles. The van der Waals surface area contributed by atoms with Crippen molar-refractivity contribution in [2.45, 2.75) is 26.7 Å². The van der Waals surface area contributed by atoms with Crippen molar-refractivity contribution in [3.63, 3.8) is 0 Å². The van der Waals surface area contributed by atoms with Gasteiger partial charge in [0.1, 0.15) is 11.6 Å². The van der Waals surface area contributed by atoms with Gasteiger partial charge in [0.05, 0.1) is 7.11 Å². The molecule has 0 spiro atoms. The van der Waals surface area contributed by atoms with Crippen LogP contribution in [0.4, 0.5) is 4.79 Å². The lowest BCUT2D eigenvalue weighted by Gasteiger charge is -2.23. The number of carbonyl (C=O) groups is 2. The van der Waals surface area contributed by atoms with Gasteiger partial charge in [-0.1, -0.05) is 18.5 Å². The van der Waals surface area contributed by atoms with Crippen molar-refractivity contribution >= 4 is 41.0 Å². The van der Waals surface area contributed by atoms with Gasteiger partial charge in [0.25, 0.3) is 0 Å². The fraction of sp³-hybridized carbons (Fsp3) is 0.750. The van der Waals surface area contributed by atoms with E-state index in [4.69, 9.17) is 4.84 Å². The summed E-state index contributed by atoms with van der Waals surface area (Å²) in [5.41, 5.74) is 0. The lowest BCUT2D eigenvalue weighted by atomic mass is 10.3. The topological polar surface area (TPSA) is 71.4 Å². The predicted octanol–water partition coefficient (Wildman–Crippen LogP) is 2.59. The van der Waals surface area contributed by atoms with Gasteiger partial charge < -0.3 is 4.74 Å². The number of unbranched alkanes of at least 4 members (excludes halogenated alkanes) is 1. The first kappa shape index (κ1) is 20.1. The fourth-order valence-electron chi connectivity index (χ4n) is 1.10. The molecule has 9 heteroatoms. The third-order valence-corrected chi connectivity index (χ3v) is 3.94. The van der Waals surface area contributed by atoms with Crippen molar-refractivity contribution in [3.05, 3.63) is 0 Å². The maximum Gasteiger partial charge on any atom is 0.446 e. The highest BCUT2D eigenvalue weighted by molar-refractivity contribution is 8.13. The number of amides is 1. The highest BCUT2D eigenvalue weighted by Crippen LogP contribution is 2.16. The van der Waals surface area contributed by atoms with Crippen LogP contribution in [0.15, 0.2) is 5.16 Å². The van der Waals surface area contributed by atoms with Crippen LogP contribution >= 0.6 is 23.9 Å². The number of hydrogen-bond donors (Lipinski definition) is 0. The zero-order valence-electron chi connectivity index (χ0n) is 13.1. The molecule has 0 atom stereocenters. The van der Waals surface area contributed by atoms with Crippen LogP contribution < -0.4 is 0 Å². The number of methoxy groups -OCH3 is 1. The predicted molar refractivity (Wildman–Crippen MR) is 87.0 cm³/mol. The average molecular weight is 337 g/mol. The third kappa shape index (κ3) is 9.59. The van der Waals surface area contributed by atoms with Crippen LogP contribution in [-0.2, 0) is 14.4 Å². The lowest BCUT2D eigenvalue weighted by molar-refractivity contribution is -0.140. The van der Waals surface area contributed by atoms with Gasteiger partial charge in [-0.3, -0.25) is 9.63 Å². The lowest BCUT2D eigenvalue weighted by Crippen LogP contribution is -2.32. The van der Waals surface area contributed by atoms with Gasteiger partial charge in [0.15, 0.2) is 0 Å². The van der Waals surface area contributed by atoms with E-state index >= 15 is 0 Å². The van der Waals surface area contributed by atoms with Gasteiger partial charge in [-0.25, -0.2) is 13.4 Å². The molecule has 0 aliphatic heterocycles. The van der Waals surface area contributed by atoms with E-state index in [0.29, 0.717) is 11.6 Å². The molecule has 0 aliphatic rings. The van der Waals surface area contributed by atoms with Gasteiger partial charge in [0.2, 0.25) is 0 Å². The van der Waals surface area contributed by atoms with E-state index in [2.05, 4.69) is 16.8 Å². The Kier molecular flexibility index (Phi) is 11.2. The van der Waals surface area contributed by atoms with Crippen molar-refractivity contribution in [1.82, 2.24) is 8.61 Å². The molecule has 7 nitrogen and oxygen atoms in total. The highest BCUT2D eigenvalue weighted by Gasteiger charge is 2.19. The van der Waals surface area contributed by atoms with Crippen molar-refractivity contribution in [3.8, 4) is 0 Å². The molecule has 122 valence electrons. The van der Waals surface area contributed by atoms with Gasteiger partial charge >= 0.3 is 12.1 Å². The zero-order chi connectivity index (χ0) is 16.3. The second kappa shape index (κ2) is 11.7. The molecule has 0 rings (SSSR count). The molecule has 21 heavy (non-hydrogen) atoms. The number of oxime groups is 1. The minimum absolute atomic E-state index is 0.103. The van der Waals surface area contributed by atoms with Crippen molar-refractivity contribution in [1.29, 1.82) is 0 Å². The molecule has 0 bridgehead atoms. The summed E-state index contributed by atoms with van der Waals surface area (Å²) in [6.45, 7) is 4.57. The van der Waals surface area contributed by atoms with Crippen LogP contribution in [0.1, 0.15) is 26.7 Å². The molecule has 0 saturated heterocycles. The van der Waals surface area contributed by atoms with Crippen LogP contribution in [-0.4, -0.2) is 59.2 Å². The summed E-state index contributed by atoms with van der Waals surface area (Å²) in [6, 6.07) is 0. The summed E-state index contributed by atoms with van der Waals surface area (Å²) < 4.78 is 7.68. The number of carbonyl (C=O) groups excluding carboxylic acids is 2.